The quantitative estimate of drug-likeness (QED) is 0.797. The van der Waals surface area contributed by atoms with Crippen LogP contribution in [0.1, 0.15) is 11.4 Å². The van der Waals surface area contributed by atoms with Gasteiger partial charge >= 0.3 is 0 Å². The van der Waals surface area contributed by atoms with Crippen molar-refractivity contribution in [2.24, 2.45) is 0 Å². The van der Waals surface area contributed by atoms with Crippen LogP contribution in [0.5, 0.6) is 0 Å². The molecule has 1 aromatic carbocycles. The van der Waals surface area contributed by atoms with E-state index in [1.54, 1.807) is 10.8 Å². The molecule has 0 fully saturated rings. The Morgan fingerprint density at radius 1 is 1.33 bits per heavy atom. The molecule has 3 nitrogen and oxygen atoms in total. The van der Waals surface area contributed by atoms with Crippen molar-refractivity contribution >= 4 is 28.7 Å². The summed E-state index contributed by atoms with van der Waals surface area (Å²) >= 11 is 2.01. The molecule has 18 heavy (non-hydrogen) atoms. The Morgan fingerprint density at radius 2 is 2.06 bits per heavy atom. The maximum absolute atomic E-state index is 11.9. The van der Waals surface area contributed by atoms with Crippen molar-refractivity contribution in [2.45, 2.75) is 13.5 Å². The van der Waals surface area contributed by atoms with Crippen molar-refractivity contribution in [3.8, 4) is 0 Å². The number of hydrogen-bond donors (Lipinski definition) is 0. The van der Waals surface area contributed by atoms with E-state index in [0.717, 1.165) is 11.4 Å². The van der Waals surface area contributed by atoms with Crippen molar-refractivity contribution in [3.63, 3.8) is 0 Å². The Morgan fingerprint density at radius 3 is 2.78 bits per heavy atom. The molecule has 92 valence electrons. The molecule has 4 heteroatoms. The first kappa shape index (κ1) is 13.0. The van der Waals surface area contributed by atoms with E-state index in [2.05, 4.69) is 4.98 Å². The maximum Gasteiger partial charge on any atom is 0.267 e. The van der Waals surface area contributed by atoms with E-state index in [1.807, 2.05) is 72.0 Å². The Labute approximate surface area is 119 Å². The topological polar surface area (TPSA) is 34.9 Å². The number of nitrogens with zero attached hydrogens (tertiary/aromatic N) is 2. The van der Waals surface area contributed by atoms with Crippen LogP contribution in [0.15, 0.2) is 47.4 Å². The molecule has 2 rings (SSSR count). The summed E-state index contributed by atoms with van der Waals surface area (Å²) in [6.07, 6.45) is 5.59. The van der Waals surface area contributed by atoms with Crippen molar-refractivity contribution in [3.05, 3.63) is 67.9 Å². The lowest BCUT2D eigenvalue weighted by molar-refractivity contribution is 0.710. The molecular formula is C14H13IN2O. The van der Waals surface area contributed by atoms with Gasteiger partial charge in [-0.1, -0.05) is 42.5 Å². The van der Waals surface area contributed by atoms with Crippen molar-refractivity contribution in [1.82, 2.24) is 9.55 Å². The molecule has 0 unspecified atom stereocenters. The predicted octanol–water partition coefficient (Wildman–Crippen LogP) is 2.87. The number of aromatic nitrogens is 2. The maximum atomic E-state index is 11.9. The fourth-order valence-corrected chi connectivity index (χ4v) is 2.05. The summed E-state index contributed by atoms with van der Waals surface area (Å²) in [5.74, 6) is 0.734. The summed E-state index contributed by atoms with van der Waals surface area (Å²) in [7, 11) is 0. The Bertz CT molecular complexity index is 617. The van der Waals surface area contributed by atoms with E-state index in [9.17, 15) is 4.79 Å². The van der Waals surface area contributed by atoms with Gasteiger partial charge < -0.3 is 0 Å². The minimum absolute atomic E-state index is 0.0146. The third-order valence-electron chi connectivity index (χ3n) is 2.60. The van der Waals surface area contributed by atoms with E-state index in [4.69, 9.17) is 0 Å². The highest BCUT2D eigenvalue weighted by atomic mass is 127. The van der Waals surface area contributed by atoms with Gasteiger partial charge in [0.05, 0.1) is 3.57 Å². The number of aryl methyl sites for hydroxylation is 1. The van der Waals surface area contributed by atoms with Crippen LogP contribution in [-0.2, 0) is 6.54 Å². The van der Waals surface area contributed by atoms with Gasteiger partial charge in [-0.15, -0.1) is 0 Å². The van der Waals surface area contributed by atoms with Gasteiger partial charge in [0, 0.05) is 12.7 Å². The Balaban J connectivity index is 2.19. The van der Waals surface area contributed by atoms with E-state index in [-0.39, 0.29) is 5.56 Å². The van der Waals surface area contributed by atoms with E-state index < -0.39 is 0 Å². The molecule has 0 saturated heterocycles. The second-order valence-corrected chi connectivity index (χ2v) is 5.04. The highest BCUT2D eigenvalue weighted by molar-refractivity contribution is 14.1. The third-order valence-corrected chi connectivity index (χ3v) is 3.34. The Kier molecular flexibility index (Phi) is 4.30. The van der Waals surface area contributed by atoms with Crippen LogP contribution in [0, 0.1) is 10.5 Å². The van der Waals surface area contributed by atoms with Gasteiger partial charge in [0.15, 0.2) is 0 Å². The fraction of sp³-hybridized carbons (Fsp3) is 0.143. The van der Waals surface area contributed by atoms with Crippen molar-refractivity contribution < 1.29 is 0 Å². The smallest absolute Gasteiger partial charge is 0.267 e. The molecular weight excluding hydrogens is 339 g/mol. The average Bonchev–Trinajstić information content (AvgIpc) is 2.39. The summed E-state index contributed by atoms with van der Waals surface area (Å²) in [5.41, 5.74) is 1.14. The molecule has 1 aromatic heterocycles. The van der Waals surface area contributed by atoms with Crippen molar-refractivity contribution in [2.75, 3.05) is 0 Å². The minimum Gasteiger partial charge on any atom is -0.292 e. The molecule has 0 saturated carbocycles. The monoisotopic (exact) mass is 352 g/mol. The lowest BCUT2D eigenvalue weighted by atomic mass is 10.2. The molecule has 0 aliphatic heterocycles. The number of benzene rings is 1. The summed E-state index contributed by atoms with van der Waals surface area (Å²) in [6.45, 7) is 2.39. The molecule has 0 radical (unpaired) electrons. The second-order valence-electron chi connectivity index (χ2n) is 3.88. The van der Waals surface area contributed by atoms with Crippen LogP contribution >= 0.6 is 22.6 Å². The van der Waals surface area contributed by atoms with E-state index in [1.165, 1.54) is 0 Å². The summed E-state index contributed by atoms with van der Waals surface area (Å²) in [6, 6.07) is 10.0. The second kappa shape index (κ2) is 5.95. The first-order valence-corrected chi connectivity index (χ1v) is 6.70. The van der Waals surface area contributed by atoms with Crippen LogP contribution in [0.25, 0.3) is 6.08 Å². The molecule has 0 aliphatic carbocycles. The number of hydrogen-bond acceptors (Lipinski definition) is 2. The Hall–Kier alpha value is -1.43. The van der Waals surface area contributed by atoms with Crippen molar-refractivity contribution in [1.29, 1.82) is 0 Å². The SMILES string of the molecule is Cc1ncc(I)c(=O)n1CC=Cc1ccccc1. The summed E-state index contributed by atoms with van der Waals surface area (Å²) in [4.78, 5) is 16.1. The zero-order valence-corrected chi connectivity index (χ0v) is 12.2. The highest BCUT2D eigenvalue weighted by Crippen LogP contribution is 2.02. The molecule has 0 N–H and O–H groups in total. The van der Waals surface area contributed by atoms with Crippen LogP contribution < -0.4 is 5.56 Å². The predicted molar refractivity (Wildman–Crippen MR) is 81.4 cm³/mol. The van der Waals surface area contributed by atoms with Gasteiger partial charge in [0.1, 0.15) is 5.82 Å². The van der Waals surface area contributed by atoms with Gasteiger partial charge in [0.25, 0.3) is 5.56 Å². The zero-order valence-electron chi connectivity index (χ0n) is 10.0. The minimum atomic E-state index is 0.0146. The largest absolute Gasteiger partial charge is 0.292 e. The first-order chi connectivity index (χ1) is 8.68. The molecule has 0 aliphatic rings. The first-order valence-electron chi connectivity index (χ1n) is 5.62. The van der Waals surface area contributed by atoms with Crippen LogP contribution in [-0.4, -0.2) is 9.55 Å². The van der Waals surface area contributed by atoms with Gasteiger partial charge in [-0.25, -0.2) is 4.98 Å². The van der Waals surface area contributed by atoms with Crippen LogP contribution in [0.4, 0.5) is 0 Å². The third kappa shape index (κ3) is 3.07. The van der Waals surface area contributed by atoms with Gasteiger partial charge in [-0.3, -0.25) is 9.36 Å². The van der Waals surface area contributed by atoms with Crippen LogP contribution in [0.2, 0.25) is 0 Å². The summed E-state index contributed by atoms with van der Waals surface area (Å²) in [5, 5.41) is 0. The normalized spacial score (nSPS) is 11.0. The number of halogens is 1. The molecule has 1 heterocycles. The molecule has 0 spiro atoms. The van der Waals surface area contributed by atoms with Crippen LogP contribution in [0.3, 0.4) is 0 Å². The molecule has 0 bridgehead atoms. The van der Waals surface area contributed by atoms with E-state index >= 15 is 0 Å². The highest BCUT2D eigenvalue weighted by Gasteiger charge is 2.02. The lowest BCUT2D eigenvalue weighted by Crippen LogP contribution is -2.24. The van der Waals surface area contributed by atoms with Gasteiger partial charge in [-0.05, 0) is 35.1 Å². The number of allylic oxidation sites excluding steroid dienone is 1. The fourth-order valence-electron chi connectivity index (χ4n) is 1.62. The number of rotatable bonds is 3. The standard InChI is InChI=1S/C14H13IN2O/c1-11-16-10-13(15)14(18)17(11)9-5-8-12-6-3-2-4-7-12/h2-8,10H,9H2,1H3. The zero-order chi connectivity index (χ0) is 13.0. The molecule has 0 atom stereocenters. The van der Waals surface area contributed by atoms with Gasteiger partial charge in [0.2, 0.25) is 0 Å². The lowest BCUT2D eigenvalue weighted by Gasteiger charge is -2.06. The molecule has 2 aromatic rings. The van der Waals surface area contributed by atoms with Gasteiger partial charge in [-0.2, -0.15) is 0 Å². The molecule has 0 amide bonds. The summed E-state index contributed by atoms with van der Waals surface area (Å²) < 4.78 is 2.31. The van der Waals surface area contributed by atoms with E-state index in [0.29, 0.717) is 10.1 Å². The average molecular weight is 352 g/mol.